The number of allylic oxidation sites excluding steroid dienone is 2. The number of carbonyl (C=O) groups is 2. The summed E-state index contributed by atoms with van der Waals surface area (Å²) in [6.07, 6.45) is 1.14. The number of rotatable bonds is 5. The third-order valence-electron chi connectivity index (χ3n) is 4.28. The second-order valence-electron chi connectivity index (χ2n) is 5.77. The van der Waals surface area contributed by atoms with Gasteiger partial charge in [-0.3, -0.25) is 0 Å². The van der Waals surface area contributed by atoms with E-state index in [1.54, 1.807) is 20.8 Å². The molecule has 0 fully saturated rings. The summed E-state index contributed by atoms with van der Waals surface area (Å²) in [4.78, 5) is 39.3. The Kier molecular flexibility index (Phi) is 5.44. The molecule has 1 aromatic rings. The van der Waals surface area contributed by atoms with Crippen molar-refractivity contribution >= 4 is 17.8 Å². The molecule has 2 heterocycles. The highest BCUT2D eigenvalue weighted by Gasteiger charge is 2.39. The molecule has 1 aliphatic rings. The number of ether oxygens (including phenoxy) is 2. The standard InChI is InChI=1S/C16H20N4O6/c1-8-13(15(21)25-4)11(14(9(2)18-8)16(22)26-5)7-19-10(3)17-6-12(19)20(23)24/h6,11,18H,7H2,1-5H3. The Morgan fingerprint density at radius 3 is 2.12 bits per heavy atom. The van der Waals surface area contributed by atoms with Crippen molar-refractivity contribution in [2.24, 2.45) is 5.92 Å². The molecule has 26 heavy (non-hydrogen) atoms. The predicted octanol–water partition coefficient (Wildman–Crippen LogP) is 1.21. The molecule has 0 aromatic carbocycles. The van der Waals surface area contributed by atoms with Crippen molar-refractivity contribution in [2.75, 3.05) is 14.2 Å². The largest absolute Gasteiger partial charge is 0.466 e. The molecule has 1 N–H and O–H groups in total. The average Bonchev–Trinajstić information content (AvgIpc) is 2.94. The smallest absolute Gasteiger partial charge is 0.342 e. The van der Waals surface area contributed by atoms with Gasteiger partial charge in [0.05, 0.1) is 31.3 Å². The summed E-state index contributed by atoms with van der Waals surface area (Å²) in [6.45, 7) is 4.92. The predicted molar refractivity (Wildman–Crippen MR) is 89.7 cm³/mol. The summed E-state index contributed by atoms with van der Waals surface area (Å²) in [5, 5.41) is 14.2. The van der Waals surface area contributed by atoms with E-state index in [2.05, 4.69) is 10.3 Å². The highest BCUT2D eigenvalue weighted by atomic mass is 16.6. The van der Waals surface area contributed by atoms with E-state index in [0.717, 1.165) is 6.20 Å². The molecule has 10 heteroatoms. The lowest BCUT2D eigenvalue weighted by Crippen LogP contribution is -2.35. The van der Waals surface area contributed by atoms with E-state index >= 15 is 0 Å². The van der Waals surface area contributed by atoms with Crippen LogP contribution in [0.4, 0.5) is 5.82 Å². The van der Waals surface area contributed by atoms with Crippen molar-refractivity contribution in [3.63, 3.8) is 0 Å². The first kappa shape index (κ1) is 19.2. The zero-order valence-corrected chi connectivity index (χ0v) is 15.2. The summed E-state index contributed by atoms with van der Waals surface area (Å²) in [7, 11) is 2.46. The van der Waals surface area contributed by atoms with Gasteiger partial charge in [0, 0.05) is 18.3 Å². The molecule has 2 rings (SSSR count). The van der Waals surface area contributed by atoms with Gasteiger partial charge < -0.3 is 24.9 Å². The Labute approximate surface area is 149 Å². The monoisotopic (exact) mass is 364 g/mol. The van der Waals surface area contributed by atoms with Gasteiger partial charge in [-0.15, -0.1) is 0 Å². The van der Waals surface area contributed by atoms with E-state index in [9.17, 15) is 19.7 Å². The molecule has 10 nitrogen and oxygen atoms in total. The molecule has 0 saturated heterocycles. The van der Waals surface area contributed by atoms with Crippen LogP contribution < -0.4 is 5.32 Å². The Morgan fingerprint density at radius 1 is 1.19 bits per heavy atom. The van der Waals surface area contributed by atoms with Crippen molar-refractivity contribution in [1.82, 2.24) is 14.9 Å². The van der Waals surface area contributed by atoms with Gasteiger partial charge in [-0.05, 0) is 18.8 Å². The van der Waals surface area contributed by atoms with Crippen LogP contribution in [-0.2, 0) is 25.6 Å². The summed E-state index contributed by atoms with van der Waals surface area (Å²) >= 11 is 0. The van der Waals surface area contributed by atoms with Gasteiger partial charge in [0.2, 0.25) is 0 Å². The number of nitro groups is 1. The lowest BCUT2D eigenvalue weighted by Gasteiger charge is -2.28. The summed E-state index contributed by atoms with van der Waals surface area (Å²) in [5.74, 6) is -1.89. The highest BCUT2D eigenvalue weighted by Crippen LogP contribution is 2.33. The SMILES string of the molecule is COC(=O)C1=C(C)NC(C)=C(C(=O)OC)C1Cn1c([N+](=O)[O-])cnc1C. The van der Waals surface area contributed by atoms with Crippen LogP contribution in [0.2, 0.25) is 0 Å². The van der Waals surface area contributed by atoms with Crippen LogP contribution in [-0.4, -0.2) is 40.6 Å². The van der Waals surface area contributed by atoms with Crippen LogP contribution in [0.25, 0.3) is 0 Å². The molecule has 0 saturated carbocycles. The van der Waals surface area contributed by atoms with E-state index < -0.39 is 22.8 Å². The number of methoxy groups -OCH3 is 2. The first-order chi connectivity index (χ1) is 12.2. The van der Waals surface area contributed by atoms with Gasteiger partial charge in [-0.2, -0.15) is 0 Å². The zero-order valence-electron chi connectivity index (χ0n) is 15.2. The van der Waals surface area contributed by atoms with Crippen molar-refractivity contribution in [3.05, 3.63) is 44.7 Å². The van der Waals surface area contributed by atoms with Crippen LogP contribution in [0.15, 0.2) is 28.7 Å². The number of hydrogen-bond donors (Lipinski definition) is 1. The van der Waals surface area contributed by atoms with E-state index in [1.807, 2.05) is 0 Å². The number of nitrogens with zero attached hydrogens (tertiary/aromatic N) is 3. The van der Waals surface area contributed by atoms with E-state index in [4.69, 9.17) is 9.47 Å². The minimum absolute atomic E-state index is 0.0344. The van der Waals surface area contributed by atoms with E-state index in [0.29, 0.717) is 17.2 Å². The number of nitrogens with one attached hydrogen (secondary N) is 1. The third kappa shape index (κ3) is 3.30. The molecule has 1 aromatic heterocycles. The maximum atomic E-state index is 12.3. The molecular formula is C16H20N4O6. The Morgan fingerprint density at radius 2 is 1.69 bits per heavy atom. The van der Waals surface area contributed by atoms with Crippen LogP contribution in [0.1, 0.15) is 19.7 Å². The lowest BCUT2D eigenvalue weighted by atomic mass is 9.85. The van der Waals surface area contributed by atoms with Gasteiger partial charge >= 0.3 is 17.8 Å². The number of imidazole rings is 1. The normalized spacial score (nSPS) is 15.0. The lowest BCUT2D eigenvalue weighted by molar-refractivity contribution is -0.392. The molecular weight excluding hydrogens is 344 g/mol. The van der Waals surface area contributed by atoms with Crippen molar-refractivity contribution in [3.8, 4) is 0 Å². The molecule has 140 valence electrons. The number of carbonyl (C=O) groups excluding carboxylic acids is 2. The molecule has 1 aliphatic heterocycles. The third-order valence-corrected chi connectivity index (χ3v) is 4.28. The Balaban J connectivity index is 2.62. The molecule has 0 spiro atoms. The van der Waals surface area contributed by atoms with Crippen molar-refractivity contribution < 1.29 is 24.0 Å². The number of hydrogen-bond acceptors (Lipinski definition) is 8. The number of aromatic nitrogens is 2. The molecule has 0 atom stereocenters. The molecule has 0 radical (unpaired) electrons. The quantitative estimate of drug-likeness (QED) is 0.469. The van der Waals surface area contributed by atoms with Gasteiger partial charge in [-0.1, -0.05) is 0 Å². The summed E-state index contributed by atoms with van der Waals surface area (Å²) in [6, 6.07) is 0. The first-order valence-electron chi connectivity index (χ1n) is 7.74. The van der Waals surface area contributed by atoms with Gasteiger partial charge in [0.1, 0.15) is 12.7 Å². The van der Waals surface area contributed by atoms with Gasteiger partial charge in [0.15, 0.2) is 5.82 Å². The maximum absolute atomic E-state index is 12.3. The van der Waals surface area contributed by atoms with Gasteiger partial charge in [0.25, 0.3) is 0 Å². The van der Waals surface area contributed by atoms with Crippen LogP contribution in [0.3, 0.4) is 0 Å². The number of dihydropyridines is 1. The van der Waals surface area contributed by atoms with E-state index in [1.165, 1.54) is 18.8 Å². The average molecular weight is 364 g/mol. The fraction of sp³-hybridized carbons (Fsp3) is 0.438. The summed E-state index contributed by atoms with van der Waals surface area (Å²) < 4.78 is 11.0. The minimum Gasteiger partial charge on any atom is -0.466 e. The molecule has 0 aliphatic carbocycles. The highest BCUT2D eigenvalue weighted by molar-refractivity contribution is 5.97. The van der Waals surface area contributed by atoms with Crippen molar-refractivity contribution in [2.45, 2.75) is 27.3 Å². The minimum atomic E-state index is -0.789. The molecule has 0 bridgehead atoms. The summed E-state index contributed by atoms with van der Waals surface area (Å²) in [5.41, 5.74) is 1.43. The van der Waals surface area contributed by atoms with E-state index in [-0.39, 0.29) is 23.5 Å². The zero-order chi connectivity index (χ0) is 19.6. The second-order valence-corrected chi connectivity index (χ2v) is 5.77. The van der Waals surface area contributed by atoms with Crippen LogP contribution in [0.5, 0.6) is 0 Å². The van der Waals surface area contributed by atoms with Crippen molar-refractivity contribution in [1.29, 1.82) is 0 Å². The Hall–Kier alpha value is -3.17. The Bertz CT molecular complexity index is 798. The number of aryl methyl sites for hydroxylation is 1. The second kappa shape index (κ2) is 7.38. The molecule has 0 unspecified atom stereocenters. The fourth-order valence-electron chi connectivity index (χ4n) is 3.09. The van der Waals surface area contributed by atoms with Crippen LogP contribution >= 0.6 is 0 Å². The van der Waals surface area contributed by atoms with Gasteiger partial charge in [-0.25, -0.2) is 19.1 Å². The van der Waals surface area contributed by atoms with Crippen LogP contribution in [0, 0.1) is 23.0 Å². The topological polar surface area (TPSA) is 126 Å². The molecule has 0 amide bonds. The fourth-order valence-corrected chi connectivity index (χ4v) is 3.09. The number of esters is 2. The first-order valence-corrected chi connectivity index (χ1v) is 7.74. The maximum Gasteiger partial charge on any atom is 0.342 e.